The number of nitrogens with one attached hydrogen (secondary N) is 1. The second kappa shape index (κ2) is 7.02. The lowest BCUT2D eigenvalue weighted by Crippen LogP contribution is -2.15. The fourth-order valence-electron chi connectivity index (χ4n) is 2.44. The van der Waals surface area contributed by atoms with E-state index in [0.717, 1.165) is 18.2 Å². The lowest BCUT2D eigenvalue weighted by atomic mass is 10.2. The summed E-state index contributed by atoms with van der Waals surface area (Å²) in [4.78, 5) is 11.0. The summed E-state index contributed by atoms with van der Waals surface area (Å²) in [6, 6.07) is 4.34. The predicted octanol–water partition coefficient (Wildman–Crippen LogP) is 4.51. The molecule has 154 valence electrons. The van der Waals surface area contributed by atoms with Gasteiger partial charge in [-0.25, -0.2) is 9.48 Å². The Balaban J connectivity index is 2.27. The molecule has 0 atom stereocenters. The first-order valence-corrected chi connectivity index (χ1v) is 8.34. The Labute approximate surface area is 161 Å². The van der Waals surface area contributed by atoms with Crippen molar-refractivity contribution in [2.24, 2.45) is 0 Å². The topological polar surface area (TPSA) is 92.9 Å². The summed E-state index contributed by atoms with van der Waals surface area (Å²) in [5.41, 5.74) is -5.57. The minimum absolute atomic E-state index is 0.0452. The zero-order chi connectivity index (χ0) is 21.6. The van der Waals surface area contributed by atoms with Crippen molar-refractivity contribution < 1.29 is 36.2 Å². The van der Waals surface area contributed by atoms with Crippen LogP contribution in [0.3, 0.4) is 0 Å². The molecule has 2 heterocycles. The maximum absolute atomic E-state index is 13.7. The SMILES string of the molecule is Cc1nnsc1-n1nc(C(F)(F)F)c(Nc2cccc(C(=O)O)c2)c1C(F)(F)F. The monoisotopic (exact) mass is 437 g/mol. The third-order valence-electron chi connectivity index (χ3n) is 3.62. The Bertz CT molecular complexity index is 1070. The molecule has 3 aromatic rings. The van der Waals surface area contributed by atoms with Crippen LogP contribution in [0.5, 0.6) is 0 Å². The van der Waals surface area contributed by atoms with Crippen LogP contribution in [-0.4, -0.2) is 30.4 Å². The van der Waals surface area contributed by atoms with E-state index in [4.69, 9.17) is 5.11 Å². The molecule has 0 aliphatic rings. The fraction of sp³-hybridized carbons (Fsp3) is 0.200. The molecular formula is C15H9F6N5O2S. The zero-order valence-electron chi connectivity index (χ0n) is 14.1. The van der Waals surface area contributed by atoms with Crippen LogP contribution in [0.1, 0.15) is 27.4 Å². The number of halogens is 6. The lowest BCUT2D eigenvalue weighted by molar-refractivity contribution is -0.142. The first-order valence-electron chi connectivity index (χ1n) is 7.56. The number of rotatable bonds is 4. The first kappa shape index (κ1) is 20.6. The number of alkyl halides is 6. The van der Waals surface area contributed by atoms with Gasteiger partial charge in [0.1, 0.15) is 5.69 Å². The Morgan fingerprint density at radius 2 is 1.86 bits per heavy atom. The van der Waals surface area contributed by atoms with Crippen LogP contribution in [0.4, 0.5) is 37.7 Å². The van der Waals surface area contributed by atoms with Crippen LogP contribution >= 0.6 is 11.5 Å². The number of aryl methyl sites for hydroxylation is 1. The van der Waals surface area contributed by atoms with Gasteiger partial charge in [-0.1, -0.05) is 10.6 Å². The van der Waals surface area contributed by atoms with E-state index in [0.29, 0.717) is 11.5 Å². The number of aromatic carboxylic acids is 1. The normalized spacial score (nSPS) is 12.2. The summed E-state index contributed by atoms with van der Waals surface area (Å²) in [6.45, 7) is 1.28. The molecule has 2 aromatic heterocycles. The summed E-state index contributed by atoms with van der Waals surface area (Å²) in [5, 5.41) is 17.3. The number of aromatic nitrogens is 4. The van der Waals surface area contributed by atoms with E-state index in [2.05, 4.69) is 14.7 Å². The van der Waals surface area contributed by atoms with Crippen LogP contribution in [0, 0.1) is 6.92 Å². The molecule has 0 saturated heterocycles. The molecule has 0 amide bonds. The number of hydrogen-bond acceptors (Lipinski definition) is 6. The highest BCUT2D eigenvalue weighted by Crippen LogP contribution is 2.45. The third kappa shape index (κ3) is 4.01. The van der Waals surface area contributed by atoms with Crippen LogP contribution < -0.4 is 5.32 Å². The molecule has 0 spiro atoms. The van der Waals surface area contributed by atoms with E-state index in [1.807, 2.05) is 5.32 Å². The van der Waals surface area contributed by atoms with Crippen molar-refractivity contribution in [3.8, 4) is 5.00 Å². The Hall–Kier alpha value is -3.16. The van der Waals surface area contributed by atoms with E-state index < -0.39 is 35.4 Å². The van der Waals surface area contributed by atoms with Gasteiger partial charge < -0.3 is 10.4 Å². The van der Waals surface area contributed by atoms with Gasteiger partial charge in [-0.2, -0.15) is 31.4 Å². The number of carbonyl (C=O) groups is 1. The zero-order valence-corrected chi connectivity index (χ0v) is 14.9. The molecule has 2 N–H and O–H groups in total. The average molecular weight is 437 g/mol. The van der Waals surface area contributed by atoms with Crippen molar-refractivity contribution >= 4 is 28.9 Å². The molecule has 0 aliphatic heterocycles. The molecule has 0 saturated carbocycles. The van der Waals surface area contributed by atoms with Gasteiger partial charge in [-0.15, -0.1) is 5.10 Å². The highest BCUT2D eigenvalue weighted by Gasteiger charge is 2.47. The molecule has 0 unspecified atom stereocenters. The molecular weight excluding hydrogens is 428 g/mol. The van der Waals surface area contributed by atoms with Crippen LogP contribution in [0.2, 0.25) is 0 Å². The van der Waals surface area contributed by atoms with Gasteiger partial charge >= 0.3 is 18.3 Å². The van der Waals surface area contributed by atoms with Gasteiger partial charge in [0.2, 0.25) is 0 Å². The number of carboxylic acids is 1. The lowest BCUT2D eigenvalue weighted by Gasteiger charge is -2.14. The Morgan fingerprint density at radius 1 is 1.17 bits per heavy atom. The van der Waals surface area contributed by atoms with Gasteiger partial charge in [0, 0.05) is 17.2 Å². The summed E-state index contributed by atoms with van der Waals surface area (Å²) < 4.78 is 85.2. The second-order valence-electron chi connectivity index (χ2n) is 5.65. The van der Waals surface area contributed by atoms with Gasteiger partial charge in [0.25, 0.3) is 0 Å². The summed E-state index contributed by atoms with van der Waals surface area (Å²) >= 11 is 0.445. The number of hydrogen-bond donors (Lipinski definition) is 2. The average Bonchev–Trinajstić information content (AvgIpc) is 3.17. The van der Waals surface area contributed by atoms with E-state index >= 15 is 0 Å². The predicted molar refractivity (Wildman–Crippen MR) is 88.5 cm³/mol. The number of carboxylic acid groups (broad SMARTS) is 1. The minimum Gasteiger partial charge on any atom is -0.478 e. The minimum atomic E-state index is -5.24. The molecule has 0 fully saturated rings. The van der Waals surface area contributed by atoms with E-state index in [1.165, 1.54) is 13.0 Å². The summed E-state index contributed by atoms with van der Waals surface area (Å²) in [6.07, 6.45) is -10.5. The summed E-state index contributed by atoms with van der Waals surface area (Å²) in [5.74, 6) is -1.40. The molecule has 3 rings (SSSR count). The maximum atomic E-state index is 13.7. The first-order chi connectivity index (χ1) is 13.4. The van der Waals surface area contributed by atoms with Crippen molar-refractivity contribution in [2.75, 3.05) is 5.32 Å². The largest absolute Gasteiger partial charge is 0.478 e. The standard InChI is InChI=1S/C15H9F6N5O2S/c1-6-12(29-25-23-6)26-11(15(19,20)21)9(10(24-26)14(16,17)18)22-8-4-2-3-7(5-8)13(27)28/h2-5,22H,1H3,(H,27,28). The molecule has 0 aliphatic carbocycles. The Morgan fingerprint density at radius 3 is 2.38 bits per heavy atom. The van der Waals surface area contributed by atoms with Crippen molar-refractivity contribution in [1.29, 1.82) is 0 Å². The van der Waals surface area contributed by atoms with Crippen molar-refractivity contribution in [3.05, 3.63) is 46.9 Å². The highest BCUT2D eigenvalue weighted by atomic mass is 32.1. The number of anilines is 2. The molecule has 7 nitrogen and oxygen atoms in total. The maximum Gasteiger partial charge on any atom is 0.437 e. The van der Waals surface area contributed by atoms with Crippen LogP contribution in [0.25, 0.3) is 5.00 Å². The smallest absolute Gasteiger partial charge is 0.437 e. The quantitative estimate of drug-likeness (QED) is 0.584. The van der Waals surface area contributed by atoms with Crippen molar-refractivity contribution in [1.82, 2.24) is 19.4 Å². The van der Waals surface area contributed by atoms with Gasteiger partial charge in [-0.05, 0) is 25.1 Å². The molecule has 14 heteroatoms. The van der Waals surface area contributed by atoms with Gasteiger partial charge in [-0.3, -0.25) is 0 Å². The second-order valence-corrected chi connectivity index (χ2v) is 6.39. The molecule has 1 aromatic carbocycles. The Kier molecular flexibility index (Phi) is 4.98. The third-order valence-corrected chi connectivity index (χ3v) is 4.43. The molecule has 0 radical (unpaired) electrons. The molecule has 0 bridgehead atoms. The fourth-order valence-corrected chi connectivity index (χ4v) is 3.06. The van der Waals surface area contributed by atoms with Crippen LogP contribution in [0.15, 0.2) is 24.3 Å². The number of nitrogens with zero attached hydrogens (tertiary/aromatic N) is 4. The molecule has 29 heavy (non-hydrogen) atoms. The highest BCUT2D eigenvalue weighted by molar-refractivity contribution is 7.08. The van der Waals surface area contributed by atoms with Gasteiger partial charge in [0.05, 0.1) is 11.3 Å². The van der Waals surface area contributed by atoms with Crippen molar-refractivity contribution in [3.63, 3.8) is 0 Å². The van der Waals surface area contributed by atoms with Crippen LogP contribution in [-0.2, 0) is 12.4 Å². The van der Waals surface area contributed by atoms with Crippen molar-refractivity contribution in [2.45, 2.75) is 19.3 Å². The number of benzene rings is 1. The van der Waals surface area contributed by atoms with E-state index in [1.54, 1.807) is 0 Å². The summed E-state index contributed by atoms with van der Waals surface area (Å²) in [7, 11) is 0. The van der Waals surface area contributed by atoms with E-state index in [9.17, 15) is 31.1 Å². The van der Waals surface area contributed by atoms with E-state index in [-0.39, 0.29) is 26.6 Å². The van der Waals surface area contributed by atoms with Gasteiger partial charge in [0.15, 0.2) is 16.4 Å².